The Morgan fingerprint density at radius 1 is 1.10 bits per heavy atom. The summed E-state index contributed by atoms with van der Waals surface area (Å²) >= 11 is 1.49. The summed E-state index contributed by atoms with van der Waals surface area (Å²) < 4.78 is 45.3. The zero-order valence-electron chi connectivity index (χ0n) is 16.5. The van der Waals surface area contributed by atoms with Crippen molar-refractivity contribution in [3.05, 3.63) is 88.3 Å². The van der Waals surface area contributed by atoms with Crippen molar-refractivity contribution < 1.29 is 22.7 Å². The molecular formula is C22H19F3N2O3S. The molecule has 0 aliphatic rings. The molecule has 1 heterocycles. The molecule has 9 heteroatoms. The number of ether oxygens (including phenoxy) is 1. The number of amides is 1. The van der Waals surface area contributed by atoms with Crippen LogP contribution in [-0.4, -0.2) is 17.6 Å². The van der Waals surface area contributed by atoms with E-state index in [-0.39, 0.29) is 23.4 Å². The minimum Gasteiger partial charge on any atom is -0.491 e. The molecule has 31 heavy (non-hydrogen) atoms. The quantitative estimate of drug-likeness (QED) is 0.527. The van der Waals surface area contributed by atoms with E-state index in [1.165, 1.54) is 43.3 Å². The molecule has 5 nitrogen and oxygen atoms in total. The van der Waals surface area contributed by atoms with Crippen molar-refractivity contribution in [3.63, 3.8) is 0 Å². The van der Waals surface area contributed by atoms with Crippen LogP contribution in [0.2, 0.25) is 0 Å². The van der Waals surface area contributed by atoms with Gasteiger partial charge in [0.25, 0.3) is 0 Å². The molecule has 3 aromatic rings. The lowest BCUT2D eigenvalue weighted by Gasteiger charge is -2.15. The van der Waals surface area contributed by atoms with E-state index in [1.54, 1.807) is 4.57 Å². The summed E-state index contributed by atoms with van der Waals surface area (Å²) in [6.45, 7) is -0.197. The first-order chi connectivity index (χ1) is 14.8. The second kappa shape index (κ2) is 9.74. The molecule has 1 aromatic heterocycles. The largest absolute Gasteiger partial charge is 0.491 e. The number of halogens is 3. The number of carbonyl (C=O) groups is 1. The number of hydrogen-bond acceptors (Lipinski definition) is 4. The maximum absolute atomic E-state index is 12.9. The van der Waals surface area contributed by atoms with Crippen molar-refractivity contribution in [2.24, 2.45) is 0 Å². The first-order valence-electron chi connectivity index (χ1n) is 9.18. The standard InChI is InChI=1S/C22H19F3N2O3S/c1-30-20-12-27(17(11-19(20)28)14-31-18-8-3-2-4-9-18)13-21(29)26-16-7-5-6-15(10-16)22(23,24)25/h2-12H,13-14H2,1H3,(H,26,29). The van der Waals surface area contributed by atoms with E-state index in [4.69, 9.17) is 4.74 Å². The third-order valence-electron chi connectivity index (χ3n) is 4.32. The molecule has 0 spiro atoms. The average molecular weight is 448 g/mol. The van der Waals surface area contributed by atoms with Crippen LogP contribution in [-0.2, 0) is 23.3 Å². The Hall–Kier alpha value is -3.20. The van der Waals surface area contributed by atoms with E-state index in [0.29, 0.717) is 11.4 Å². The van der Waals surface area contributed by atoms with Crippen LogP contribution >= 0.6 is 11.8 Å². The fourth-order valence-electron chi connectivity index (χ4n) is 2.82. The number of alkyl halides is 3. The highest BCUT2D eigenvalue weighted by molar-refractivity contribution is 7.98. The number of benzene rings is 2. The molecule has 1 N–H and O–H groups in total. The van der Waals surface area contributed by atoms with Gasteiger partial charge in [0, 0.05) is 28.1 Å². The minimum atomic E-state index is -4.51. The van der Waals surface area contributed by atoms with Crippen LogP contribution in [0, 0.1) is 0 Å². The summed E-state index contributed by atoms with van der Waals surface area (Å²) in [5, 5.41) is 2.47. The maximum Gasteiger partial charge on any atom is 0.416 e. The molecule has 162 valence electrons. The van der Waals surface area contributed by atoms with Crippen LogP contribution in [0.4, 0.5) is 18.9 Å². The number of aromatic nitrogens is 1. The number of anilines is 1. The van der Waals surface area contributed by atoms with Crippen molar-refractivity contribution in [1.82, 2.24) is 4.57 Å². The minimum absolute atomic E-state index is 0.0352. The highest BCUT2D eigenvalue weighted by Gasteiger charge is 2.30. The third-order valence-corrected chi connectivity index (χ3v) is 5.37. The lowest BCUT2D eigenvalue weighted by Crippen LogP contribution is -2.23. The summed E-state index contributed by atoms with van der Waals surface area (Å²) in [5.41, 5.74) is -0.553. The Labute approximate surface area is 180 Å². The summed E-state index contributed by atoms with van der Waals surface area (Å²) in [4.78, 5) is 25.7. The van der Waals surface area contributed by atoms with Crippen molar-refractivity contribution in [3.8, 4) is 5.75 Å². The zero-order chi connectivity index (χ0) is 22.4. The molecule has 2 aromatic carbocycles. The van der Waals surface area contributed by atoms with Crippen molar-refractivity contribution in [2.45, 2.75) is 23.4 Å². The van der Waals surface area contributed by atoms with Crippen LogP contribution in [0.1, 0.15) is 11.3 Å². The molecule has 3 rings (SSSR count). The lowest BCUT2D eigenvalue weighted by atomic mass is 10.2. The van der Waals surface area contributed by atoms with Gasteiger partial charge in [-0.15, -0.1) is 11.8 Å². The normalized spacial score (nSPS) is 11.2. The lowest BCUT2D eigenvalue weighted by molar-refractivity contribution is -0.137. The van der Waals surface area contributed by atoms with Gasteiger partial charge in [-0.1, -0.05) is 24.3 Å². The number of nitrogens with one attached hydrogen (secondary N) is 1. The highest BCUT2D eigenvalue weighted by Crippen LogP contribution is 2.30. The number of thioether (sulfide) groups is 1. The number of pyridine rings is 1. The summed E-state index contributed by atoms with van der Waals surface area (Å²) in [6, 6.07) is 15.3. The van der Waals surface area contributed by atoms with Crippen molar-refractivity contribution in [1.29, 1.82) is 0 Å². The van der Waals surface area contributed by atoms with E-state index in [1.807, 2.05) is 30.3 Å². The maximum atomic E-state index is 12.9. The molecule has 0 fully saturated rings. The van der Waals surface area contributed by atoms with Crippen LogP contribution < -0.4 is 15.5 Å². The molecule has 0 aliphatic heterocycles. The first-order valence-corrected chi connectivity index (χ1v) is 10.2. The van der Waals surface area contributed by atoms with E-state index in [0.717, 1.165) is 17.0 Å². The summed E-state index contributed by atoms with van der Waals surface area (Å²) in [5.74, 6) is -0.0450. The predicted molar refractivity (Wildman–Crippen MR) is 113 cm³/mol. The van der Waals surface area contributed by atoms with E-state index in [9.17, 15) is 22.8 Å². The van der Waals surface area contributed by atoms with E-state index < -0.39 is 17.6 Å². The average Bonchev–Trinajstić information content (AvgIpc) is 2.74. The first kappa shape index (κ1) is 22.5. The Morgan fingerprint density at radius 2 is 1.84 bits per heavy atom. The Kier molecular flexibility index (Phi) is 7.06. The molecule has 0 aliphatic carbocycles. The SMILES string of the molecule is COc1cn(CC(=O)Nc2cccc(C(F)(F)F)c2)c(CSc2ccccc2)cc1=O. The van der Waals surface area contributed by atoms with Gasteiger partial charge >= 0.3 is 6.18 Å². The molecule has 1 amide bonds. The third kappa shape index (κ3) is 6.14. The van der Waals surface area contributed by atoms with Crippen molar-refractivity contribution in [2.75, 3.05) is 12.4 Å². The Bertz CT molecular complexity index is 1110. The number of carbonyl (C=O) groups excluding carboxylic acids is 1. The van der Waals surface area contributed by atoms with E-state index in [2.05, 4.69) is 5.32 Å². The smallest absolute Gasteiger partial charge is 0.416 e. The zero-order valence-corrected chi connectivity index (χ0v) is 17.3. The predicted octanol–water partition coefficient (Wildman–Crippen LogP) is 4.81. The van der Waals surface area contributed by atoms with E-state index >= 15 is 0 Å². The van der Waals surface area contributed by atoms with Crippen LogP contribution in [0.25, 0.3) is 0 Å². The second-order valence-electron chi connectivity index (χ2n) is 6.55. The Balaban J connectivity index is 1.79. The number of nitrogens with zero attached hydrogens (tertiary/aromatic N) is 1. The molecule has 0 unspecified atom stereocenters. The van der Waals surface area contributed by atoms with Crippen LogP contribution in [0.15, 0.2) is 76.6 Å². The number of hydrogen-bond donors (Lipinski definition) is 1. The van der Waals surface area contributed by atoms with Gasteiger partial charge in [0.15, 0.2) is 5.75 Å². The van der Waals surface area contributed by atoms with Gasteiger partial charge in [0.2, 0.25) is 11.3 Å². The second-order valence-corrected chi connectivity index (χ2v) is 7.60. The van der Waals surface area contributed by atoms with Gasteiger partial charge < -0.3 is 14.6 Å². The van der Waals surface area contributed by atoms with Gasteiger partial charge in [-0.05, 0) is 30.3 Å². The monoisotopic (exact) mass is 448 g/mol. The van der Waals surface area contributed by atoms with Gasteiger partial charge in [0.05, 0.1) is 18.9 Å². The molecule has 0 saturated heterocycles. The van der Waals surface area contributed by atoms with Crippen LogP contribution in [0.5, 0.6) is 5.75 Å². The van der Waals surface area contributed by atoms with Gasteiger partial charge in [-0.3, -0.25) is 9.59 Å². The summed E-state index contributed by atoms with van der Waals surface area (Å²) in [7, 11) is 1.35. The van der Waals surface area contributed by atoms with Crippen LogP contribution in [0.3, 0.4) is 0 Å². The van der Waals surface area contributed by atoms with Gasteiger partial charge in [0.1, 0.15) is 6.54 Å². The summed E-state index contributed by atoms with van der Waals surface area (Å²) in [6.07, 6.45) is -3.08. The molecule has 0 saturated carbocycles. The number of methoxy groups -OCH3 is 1. The molecule has 0 bridgehead atoms. The fourth-order valence-corrected chi connectivity index (χ4v) is 3.73. The molecule has 0 atom stereocenters. The van der Waals surface area contributed by atoms with Gasteiger partial charge in [-0.25, -0.2) is 0 Å². The fraction of sp³-hybridized carbons (Fsp3) is 0.182. The van der Waals surface area contributed by atoms with Crippen molar-refractivity contribution >= 4 is 23.4 Å². The Morgan fingerprint density at radius 3 is 2.52 bits per heavy atom. The molecule has 0 radical (unpaired) electrons. The highest BCUT2D eigenvalue weighted by atomic mass is 32.2. The number of rotatable bonds is 7. The molecular weight excluding hydrogens is 429 g/mol. The van der Waals surface area contributed by atoms with Gasteiger partial charge in [-0.2, -0.15) is 13.2 Å². The topological polar surface area (TPSA) is 60.3 Å².